The normalized spacial score (nSPS) is 11.6. The first-order valence-corrected chi connectivity index (χ1v) is 17.2. The van der Waals surface area contributed by atoms with Gasteiger partial charge >= 0.3 is 0 Å². The monoisotopic (exact) mass is 636 g/mol. The van der Waals surface area contributed by atoms with Crippen LogP contribution in [-0.4, -0.2) is 4.57 Å². The topological polar surface area (TPSA) is 8.17 Å². The molecule has 2 nitrogen and oxygen atoms in total. The minimum Gasteiger partial charge on any atom is -0.310 e. The van der Waals surface area contributed by atoms with Crippen molar-refractivity contribution in [2.75, 3.05) is 4.90 Å². The summed E-state index contributed by atoms with van der Waals surface area (Å²) >= 11 is 0. The van der Waals surface area contributed by atoms with Gasteiger partial charge in [0.15, 0.2) is 0 Å². The van der Waals surface area contributed by atoms with Crippen LogP contribution in [0.15, 0.2) is 194 Å². The zero-order chi connectivity index (χ0) is 33.0. The van der Waals surface area contributed by atoms with Crippen molar-refractivity contribution in [1.29, 1.82) is 0 Å². The van der Waals surface area contributed by atoms with Gasteiger partial charge in [-0.3, -0.25) is 0 Å². The summed E-state index contributed by atoms with van der Waals surface area (Å²) in [5, 5.41) is 9.92. The van der Waals surface area contributed by atoms with E-state index in [1.807, 2.05) is 0 Å². The fourth-order valence-electron chi connectivity index (χ4n) is 7.80. The fraction of sp³-hybridized carbons (Fsp3) is 0. The van der Waals surface area contributed by atoms with E-state index in [-0.39, 0.29) is 0 Å². The largest absolute Gasteiger partial charge is 0.310 e. The standard InChI is InChI=1S/C48H32N2/c1-2-18-39(19-3-1)50-46-23-11-22-43(47(46)45-29-26-35-14-8-9-21-44(35)48(45)50)38-17-10-20-40(32-38)49(41-27-24-33-12-4-6-15-36(33)30-41)42-28-25-34-13-5-7-16-37(34)31-42/h1-32H. The van der Waals surface area contributed by atoms with Crippen LogP contribution in [0.4, 0.5) is 17.1 Å². The highest BCUT2D eigenvalue weighted by molar-refractivity contribution is 6.22. The molecule has 2 heteroatoms. The molecule has 0 aliphatic heterocycles. The number of benzene rings is 9. The van der Waals surface area contributed by atoms with Gasteiger partial charge in [0.2, 0.25) is 0 Å². The summed E-state index contributed by atoms with van der Waals surface area (Å²) < 4.78 is 2.44. The first kappa shape index (κ1) is 28.4. The Bertz CT molecular complexity index is 2800. The predicted octanol–water partition coefficient (Wildman–Crippen LogP) is 13.4. The Kier molecular flexibility index (Phi) is 6.53. The highest BCUT2D eigenvalue weighted by Gasteiger charge is 2.20. The number of rotatable bonds is 5. The number of aromatic nitrogens is 1. The van der Waals surface area contributed by atoms with Gasteiger partial charge in [-0.1, -0.05) is 140 Å². The maximum Gasteiger partial charge on any atom is 0.0619 e. The summed E-state index contributed by atoms with van der Waals surface area (Å²) in [5.41, 5.74) is 9.36. The van der Waals surface area contributed by atoms with Crippen molar-refractivity contribution >= 4 is 71.2 Å². The predicted molar refractivity (Wildman–Crippen MR) is 213 cm³/mol. The quantitative estimate of drug-likeness (QED) is 0.182. The lowest BCUT2D eigenvalue weighted by atomic mass is 9.97. The maximum absolute atomic E-state index is 2.44. The molecule has 9 aromatic carbocycles. The van der Waals surface area contributed by atoms with E-state index < -0.39 is 0 Å². The van der Waals surface area contributed by atoms with Crippen molar-refractivity contribution in [3.8, 4) is 16.8 Å². The molecule has 0 fully saturated rings. The molecule has 0 saturated carbocycles. The number of anilines is 3. The average molecular weight is 637 g/mol. The van der Waals surface area contributed by atoms with Crippen LogP contribution in [0.1, 0.15) is 0 Å². The van der Waals surface area contributed by atoms with Crippen LogP contribution >= 0.6 is 0 Å². The van der Waals surface area contributed by atoms with Gasteiger partial charge in [-0.25, -0.2) is 0 Å². The zero-order valence-electron chi connectivity index (χ0n) is 27.4. The molecule has 50 heavy (non-hydrogen) atoms. The lowest BCUT2D eigenvalue weighted by molar-refractivity contribution is 1.19. The highest BCUT2D eigenvalue weighted by Crippen LogP contribution is 2.43. The van der Waals surface area contributed by atoms with Gasteiger partial charge in [0.05, 0.1) is 11.0 Å². The number of fused-ring (bicyclic) bond motifs is 7. The number of hydrogen-bond donors (Lipinski definition) is 0. The second-order valence-corrected chi connectivity index (χ2v) is 13.0. The number of hydrogen-bond acceptors (Lipinski definition) is 1. The Morgan fingerprint density at radius 3 is 1.66 bits per heavy atom. The van der Waals surface area contributed by atoms with Crippen LogP contribution < -0.4 is 4.90 Å². The minimum atomic E-state index is 1.11. The summed E-state index contributed by atoms with van der Waals surface area (Å²) in [6, 6.07) is 70.6. The van der Waals surface area contributed by atoms with Crippen LogP contribution in [0.3, 0.4) is 0 Å². The lowest BCUT2D eigenvalue weighted by Gasteiger charge is -2.27. The minimum absolute atomic E-state index is 1.11. The van der Waals surface area contributed by atoms with E-state index in [1.165, 1.54) is 65.3 Å². The smallest absolute Gasteiger partial charge is 0.0619 e. The van der Waals surface area contributed by atoms with Crippen molar-refractivity contribution in [2.45, 2.75) is 0 Å². The molecular weight excluding hydrogens is 605 g/mol. The molecule has 0 aliphatic rings. The molecule has 0 amide bonds. The van der Waals surface area contributed by atoms with Crippen LogP contribution in [-0.2, 0) is 0 Å². The molecule has 1 heterocycles. The second kappa shape index (κ2) is 11.5. The third-order valence-corrected chi connectivity index (χ3v) is 10.1. The Morgan fingerprint density at radius 1 is 0.360 bits per heavy atom. The highest BCUT2D eigenvalue weighted by atomic mass is 15.1. The Labute approximate surface area is 290 Å². The van der Waals surface area contributed by atoms with E-state index >= 15 is 0 Å². The van der Waals surface area contributed by atoms with E-state index in [0.29, 0.717) is 0 Å². The van der Waals surface area contributed by atoms with E-state index in [0.717, 1.165) is 22.7 Å². The van der Waals surface area contributed by atoms with Crippen molar-refractivity contribution in [2.24, 2.45) is 0 Å². The van der Waals surface area contributed by atoms with Gasteiger partial charge in [-0.05, 0) is 92.7 Å². The Morgan fingerprint density at radius 2 is 0.940 bits per heavy atom. The van der Waals surface area contributed by atoms with Gasteiger partial charge in [-0.15, -0.1) is 0 Å². The fourth-order valence-corrected chi connectivity index (χ4v) is 7.80. The summed E-state index contributed by atoms with van der Waals surface area (Å²) in [5.74, 6) is 0. The molecule has 0 bridgehead atoms. The summed E-state index contributed by atoms with van der Waals surface area (Å²) in [7, 11) is 0. The van der Waals surface area contributed by atoms with Crippen molar-refractivity contribution in [3.63, 3.8) is 0 Å². The van der Waals surface area contributed by atoms with Crippen molar-refractivity contribution in [1.82, 2.24) is 4.57 Å². The molecule has 10 rings (SSSR count). The Balaban J connectivity index is 1.22. The van der Waals surface area contributed by atoms with Gasteiger partial charge in [0.25, 0.3) is 0 Å². The van der Waals surface area contributed by atoms with Gasteiger partial charge < -0.3 is 9.47 Å². The molecule has 0 atom stereocenters. The first-order chi connectivity index (χ1) is 24.8. The Hall–Kier alpha value is -6.64. The van der Waals surface area contributed by atoms with Crippen molar-refractivity contribution < 1.29 is 0 Å². The summed E-state index contributed by atoms with van der Waals surface area (Å²) in [6.07, 6.45) is 0. The first-order valence-electron chi connectivity index (χ1n) is 17.2. The van der Waals surface area contributed by atoms with Gasteiger partial charge in [0.1, 0.15) is 0 Å². The third-order valence-electron chi connectivity index (χ3n) is 10.1. The third kappa shape index (κ3) is 4.57. The molecule has 0 spiro atoms. The number of para-hydroxylation sites is 1. The molecule has 0 aliphatic carbocycles. The lowest BCUT2D eigenvalue weighted by Crippen LogP contribution is -2.10. The molecule has 1 aromatic heterocycles. The average Bonchev–Trinajstić information content (AvgIpc) is 3.54. The van der Waals surface area contributed by atoms with Gasteiger partial charge in [-0.2, -0.15) is 0 Å². The molecular formula is C48H32N2. The van der Waals surface area contributed by atoms with E-state index in [9.17, 15) is 0 Å². The molecule has 234 valence electrons. The number of nitrogens with zero attached hydrogens (tertiary/aromatic N) is 2. The molecule has 0 unspecified atom stereocenters. The molecule has 0 radical (unpaired) electrons. The summed E-state index contributed by atoms with van der Waals surface area (Å²) in [4.78, 5) is 2.39. The molecule has 0 N–H and O–H groups in total. The van der Waals surface area contributed by atoms with E-state index in [1.54, 1.807) is 0 Å². The van der Waals surface area contributed by atoms with Crippen LogP contribution in [0.5, 0.6) is 0 Å². The maximum atomic E-state index is 2.44. The second-order valence-electron chi connectivity index (χ2n) is 13.0. The molecule has 0 saturated heterocycles. The van der Waals surface area contributed by atoms with E-state index in [2.05, 4.69) is 204 Å². The SMILES string of the molecule is c1ccc(-n2c3cccc(-c4cccc(N(c5ccc6ccccc6c5)c5ccc6ccccc6c5)c4)c3c3ccc4ccccc4c32)cc1. The summed E-state index contributed by atoms with van der Waals surface area (Å²) in [6.45, 7) is 0. The van der Waals surface area contributed by atoms with Gasteiger partial charge in [0, 0.05) is 38.9 Å². The van der Waals surface area contributed by atoms with Crippen LogP contribution in [0, 0.1) is 0 Å². The van der Waals surface area contributed by atoms with E-state index in [4.69, 9.17) is 0 Å². The molecule has 10 aromatic rings. The zero-order valence-corrected chi connectivity index (χ0v) is 27.4. The van der Waals surface area contributed by atoms with Crippen LogP contribution in [0.2, 0.25) is 0 Å². The van der Waals surface area contributed by atoms with Crippen LogP contribution in [0.25, 0.3) is 70.9 Å². The van der Waals surface area contributed by atoms with Crippen molar-refractivity contribution in [3.05, 3.63) is 194 Å².